The van der Waals surface area contributed by atoms with Gasteiger partial charge in [0.1, 0.15) is 6.10 Å². The van der Waals surface area contributed by atoms with Gasteiger partial charge in [0.2, 0.25) is 0 Å². The van der Waals surface area contributed by atoms with E-state index in [1.54, 1.807) is 19.1 Å². The number of nitro benzene ring substituents is 1. The number of halogens is 1. The molecule has 1 rings (SSSR count). The molecule has 0 amide bonds. The number of nitro groups is 1. The fourth-order valence-electron chi connectivity index (χ4n) is 1.06. The van der Waals surface area contributed by atoms with Crippen molar-refractivity contribution < 1.29 is 9.66 Å². The SMILES string of the molecule is C#CC(C)OCc1ccc(Br)c([N+](=O)[O-])c1. The normalized spacial score (nSPS) is 11.8. The zero-order chi connectivity index (χ0) is 12.1. The largest absolute Gasteiger partial charge is 0.361 e. The van der Waals surface area contributed by atoms with E-state index in [-0.39, 0.29) is 18.4 Å². The Morgan fingerprint density at radius 3 is 2.94 bits per heavy atom. The van der Waals surface area contributed by atoms with Gasteiger partial charge in [0.25, 0.3) is 5.69 Å². The zero-order valence-corrected chi connectivity index (χ0v) is 10.2. The van der Waals surface area contributed by atoms with Crippen LogP contribution in [0.25, 0.3) is 0 Å². The smallest absolute Gasteiger partial charge is 0.283 e. The standard InChI is InChI=1S/C11H10BrNO3/c1-3-8(2)16-7-9-4-5-10(12)11(6-9)13(14)15/h1,4-6,8H,7H2,2H3. The summed E-state index contributed by atoms with van der Waals surface area (Å²) in [7, 11) is 0. The van der Waals surface area contributed by atoms with Crippen molar-refractivity contribution in [3.63, 3.8) is 0 Å². The van der Waals surface area contributed by atoms with E-state index in [0.29, 0.717) is 4.47 Å². The maximum absolute atomic E-state index is 10.7. The van der Waals surface area contributed by atoms with Gasteiger partial charge in [0.05, 0.1) is 16.0 Å². The number of ether oxygens (including phenoxy) is 1. The molecule has 0 N–H and O–H groups in total. The molecule has 0 aliphatic carbocycles. The zero-order valence-electron chi connectivity index (χ0n) is 8.64. The molecule has 1 aromatic carbocycles. The average molecular weight is 284 g/mol. The van der Waals surface area contributed by atoms with E-state index >= 15 is 0 Å². The molecule has 84 valence electrons. The molecule has 0 spiro atoms. The molecule has 0 heterocycles. The quantitative estimate of drug-likeness (QED) is 0.485. The van der Waals surface area contributed by atoms with Gasteiger partial charge in [-0.1, -0.05) is 12.0 Å². The summed E-state index contributed by atoms with van der Waals surface area (Å²) in [6, 6.07) is 4.84. The second-order valence-electron chi connectivity index (χ2n) is 3.16. The number of terminal acetylenes is 1. The molecule has 0 radical (unpaired) electrons. The molecular formula is C11H10BrNO3. The predicted molar refractivity (Wildman–Crippen MR) is 63.9 cm³/mol. The number of benzene rings is 1. The average Bonchev–Trinajstić information content (AvgIpc) is 2.27. The molecule has 0 aromatic heterocycles. The van der Waals surface area contributed by atoms with Gasteiger partial charge >= 0.3 is 0 Å². The van der Waals surface area contributed by atoms with Crippen LogP contribution in [-0.2, 0) is 11.3 Å². The van der Waals surface area contributed by atoms with Crippen LogP contribution in [0.2, 0.25) is 0 Å². The Kier molecular flexibility index (Phi) is 4.47. The minimum atomic E-state index is -0.446. The summed E-state index contributed by atoms with van der Waals surface area (Å²) in [5.41, 5.74) is 0.742. The molecule has 4 nitrogen and oxygen atoms in total. The number of rotatable bonds is 4. The topological polar surface area (TPSA) is 52.4 Å². The van der Waals surface area contributed by atoms with Crippen LogP contribution in [0, 0.1) is 22.5 Å². The van der Waals surface area contributed by atoms with E-state index in [2.05, 4.69) is 21.9 Å². The summed E-state index contributed by atoms with van der Waals surface area (Å²) < 4.78 is 5.73. The highest BCUT2D eigenvalue weighted by atomic mass is 79.9. The summed E-state index contributed by atoms with van der Waals surface area (Å²) >= 11 is 3.11. The Bertz CT molecular complexity index is 439. The van der Waals surface area contributed by atoms with Gasteiger partial charge in [-0.15, -0.1) is 6.42 Å². The van der Waals surface area contributed by atoms with Crippen molar-refractivity contribution in [3.8, 4) is 12.3 Å². The lowest BCUT2D eigenvalue weighted by atomic mass is 10.2. The minimum Gasteiger partial charge on any atom is -0.361 e. The monoisotopic (exact) mass is 283 g/mol. The number of hydrogen-bond donors (Lipinski definition) is 0. The van der Waals surface area contributed by atoms with Crippen molar-refractivity contribution in [1.29, 1.82) is 0 Å². The molecule has 1 aromatic rings. The first-order valence-electron chi connectivity index (χ1n) is 4.55. The lowest BCUT2D eigenvalue weighted by Gasteiger charge is -2.06. The third kappa shape index (κ3) is 3.33. The highest BCUT2D eigenvalue weighted by molar-refractivity contribution is 9.10. The fourth-order valence-corrected chi connectivity index (χ4v) is 1.45. The van der Waals surface area contributed by atoms with Gasteiger partial charge in [-0.3, -0.25) is 10.1 Å². The summed E-state index contributed by atoms with van der Waals surface area (Å²) in [6.45, 7) is 2.01. The van der Waals surface area contributed by atoms with Crippen LogP contribution in [0.15, 0.2) is 22.7 Å². The molecule has 0 fully saturated rings. The minimum absolute atomic E-state index is 0.0226. The van der Waals surface area contributed by atoms with Crippen LogP contribution in [0.3, 0.4) is 0 Å². The van der Waals surface area contributed by atoms with Crippen molar-refractivity contribution in [1.82, 2.24) is 0 Å². The maximum Gasteiger partial charge on any atom is 0.283 e. The molecule has 0 saturated carbocycles. The number of nitrogens with zero attached hydrogens (tertiary/aromatic N) is 1. The molecule has 0 bridgehead atoms. The second-order valence-corrected chi connectivity index (χ2v) is 4.02. The first-order valence-corrected chi connectivity index (χ1v) is 5.34. The van der Waals surface area contributed by atoms with E-state index in [1.165, 1.54) is 6.07 Å². The van der Waals surface area contributed by atoms with Crippen molar-refractivity contribution >= 4 is 21.6 Å². The van der Waals surface area contributed by atoms with Gasteiger partial charge in [0, 0.05) is 6.07 Å². The van der Waals surface area contributed by atoms with Gasteiger partial charge in [-0.05, 0) is 34.5 Å². The lowest BCUT2D eigenvalue weighted by molar-refractivity contribution is -0.385. The third-order valence-corrected chi connectivity index (χ3v) is 2.61. The Hall–Kier alpha value is -1.38. The van der Waals surface area contributed by atoms with Crippen molar-refractivity contribution in [2.75, 3.05) is 0 Å². The van der Waals surface area contributed by atoms with E-state index in [1.807, 2.05) is 0 Å². The van der Waals surface area contributed by atoms with E-state index in [4.69, 9.17) is 11.2 Å². The lowest BCUT2D eigenvalue weighted by Crippen LogP contribution is -2.04. The van der Waals surface area contributed by atoms with Crippen molar-refractivity contribution in [2.24, 2.45) is 0 Å². The van der Waals surface area contributed by atoms with E-state index in [9.17, 15) is 10.1 Å². The summed E-state index contributed by atoms with van der Waals surface area (Å²) in [6.07, 6.45) is 4.84. The Morgan fingerprint density at radius 2 is 2.38 bits per heavy atom. The molecule has 0 aliphatic rings. The van der Waals surface area contributed by atoms with Gasteiger partial charge in [0.15, 0.2) is 0 Å². The highest BCUT2D eigenvalue weighted by Gasteiger charge is 2.12. The molecule has 0 saturated heterocycles. The Balaban J connectivity index is 2.80. The molecule has 5 heteroatoms. The van der Waals surface area contributed by atoms with Crippen LogP contribution in [0.1, 0.15) is 12.5 Å². The van der Waals surface area contributed by atoms with E-state index < -0.39 is 4.92 Å². The second kappa shape index (κ2) is 5.64. The summed E-state index contributed by atoms with van der Waals surface area (Å²) in [4.78, 5) is 10.2. The van der Waals surface area contributed by atoms with Crippen LogP contribution >= 0.6 is 15.9 Å². The third-order valence-electron chi connectivity index (χ3n) is 1.94. The fraction of sp³-hybridized carbons (Fsp3) is 0.273. The Morgan fingerprint density at radius 1 is 1.69 bits per heavy atom. The van der Waals surface area contributed by atoms with Crippen LogP contribution in [0.4, 0.5) is 5.69 Å². The predicted octanol–water partition coefficient (Wildman–Crippen LogP) is 2.90. The molecule has 0 aliphatic heterocycles. The Labute approximate surface area is 102 Å². The number of hydrogen-bond acceptors (Lipinski definition) is 3. The van der Waals surface area contributed by atoms with Crippen molar-refractivity contribution in [3.05, 3.63) is 38.3 Å². The molecule has 16 heavy (non-hydrogen) atoms. The van der Waals surface area contributed by atoms with Crippen LogP contribution in [-0.4, -0.2) is 11.0 Å². The molecule has 1 unspecified atom stereocenters. The summed E-state index contributed by atoms with van der Waals surface area (Å²) in [5, 5.41) is 10.7. The van der Waals surface area contributed by atoms with Gasteiger partial charge < -0.3 is 4.74 Å². The highest BCUT2D eigenvalue weighted by Crippen LogP contribution is 2.25. The molecule has 1 atom stereocenters. The molecular weight excluding hydrogens is 274 g/mol. The first-order chi connectivity index (χ1) is 7.54. The van der Waals surface area contributed by atoms with Gasteiger partial charge in [-0.25, -0.2) is 0 Å². The van der Waals surface area contributed by atoms with E-state index in [0.717, 1.165) is 5.56 Å². The first kappa shape index (κ1) is 12.7. The van der Waals surface area contributed by atoms with Crippen LogP contribution in [0.5, 0.6) is 0 Å². The summed E-state index contributed by atoms with van der Waals surface area (Å²) in [5.74, 6) is 2.42. The van der Waals surface area contributed by atoms with Crippen LogP contribution < -0.4 is 0 Å². The van der Waals surface area contributed by atoms with Crippen molar-refractivity contribution in [2.45, 2.75) is 19.6 Å². The maximum atomic E-state index is 10.7. The van der Waals surface area contributed by atoms with Gasteiger partial charge in [-0.2, -0.15) is 0 Å².